The molecule has 1 rings (SSSR count). The van der Waals surface area contributed by atoms with Gasteiger partial charge in [-0.25, -0.2) is 0 Å². The highest BCUT2D eigenvalue weighted by molar-refractivity contribution is 6.91. The van der Waals surface area contributed by atoms with Gasteiger partial charge in [-0.1, -0.05) is 13.1 Å². The fourth-order valence-electron chi connectivity index (χ4n) is 1.23. The molecule has 0 aromatic rings. The summed E-state index contributed by atoms with van der Waals surface area (Å²) >= 11 is 12.2. The number of alkyl halides is 2. The lowest BCUT2D eigenvalue weighted by atomic mass is 10.4. The maximum Gasteiger partial charge on any atom is 0.0877 e. The van der Waals surface area contributed by atoms with Crippen molar-refractivity contribution in [1.82, 2.24) is 0 Å². The van der Waals surface area contributed by atoms with E-state index in [1.165, 1.54) is 0 Å². The zero-order chi connectivity index (χ0) is 7.07. The summed E-state index contributed by atoms with van der Waals surface area (Å²) < 4.78 is 0. The van der Waals surface area contributed by atoms with Gasteiger partial charge in [-0.15, -0.1) is 23.2 Å². The van der Waals surface area contributed by atoms with Crippen molar-refractivity contribution in [3.8, 4) is 0 Å². The van der Waals surface area contributed by atoms with Crippen molar-refractivity contribution in [3.05, 3.63) is 0 Å². The van der Waals surface area contributed by atoms with Gasteiger partial charge in [-0.05, 0) is 12.8 Å². The minimum Gasteiger partial charge on any atom is -0.126 e. The van der Waals surface area contributed by atoms with Crippen LogP contribution in [0.15, 0.2) is 0 Å². The first-order chi connectivity index (χ1) is 4.05. The summed E-state index contributed by atoms with van der Waals surface area (Å²) in [6.07, 6.45) is 2.27. The van der Waals surface area contributed by atoms with Crippen molar-refractivity contribution >= 4 is 31.3 Å². The molecule has 0 aromatic carbocycles. The molecule has 1 saturated heterocycles. The fraction of sp³-hybridized carbons (Fsp3) is 1.00. The van der Waals surface area contributed by atoms with Crippen molar-refractivity contribution in [2.45, 2.75) is 35.9 Å². The molecule has 1 fully saturated rings. The standard InChI is InChI=1S/C6H12Cl2Si/c1-9(2)5(7)3-4-6(9)8/h5-6H,3-4H2,1-2H3. The number of hydrogen-bond acceptors (Lipinski definition) is 0. The topological polar surface area (TPSA) is 0 Å². The van der Waals surface area contributed by atoms with Crippen LogP contribution in [0.25, 0.3) is 0 Å². The molecule has 0 aliphatic carbocycles. The van der Waals surface area contributed by atoms with Gasteiger partial charge in [-0.2, -0.15) is 0 Å². The molecule has 0 saturated carbocycles. The van der Waals surface area contributed by atoms with E-state index in [1.54, 1.807) is 0 Å². The number of hydrogen-bond donors (Lipinski definition) is 0. The van der Waals surface area contributed by atoms with Crippen molar-refractivity contribution in [3.63, 3.8) is 0 Å². The zero-order valence-electron chi connectivity index (χ0n) is 5.82. The Morgan fingerprint density at radius 1 is 1.11 bits per heavy atom. The Kier molecular flexibility index (Phi) is 2.14. The molecule has 1 aliphatic heterocycles. The first kappa shape index (κ1) is 7.90. The molecule has 2 unspecified atom stereocenters. The normalized spacial score (nSPS) is 41.3. The summed E-state index contributed by atoms with van der Waals surface area (Å²) in [7, 11) is -1.22. The lowest BCUT2D eigenvalue weighted by Crippen LogP contribution is -2.40. The predicted molar refractivity (Wildman–Crippen MR) is 46.0 cm³/mol. The van der Waals surface area contributed by atoms with Crippen LogP contribution in [0.3, 0.4) is 0 Å². The molecular formula is C6H12Cl2Si. The van der Waals surface area contributed by atoms with E-state index in [9.17, 15) is 0 Å². The Morgan fingerprint density at radius 3 is 1.56 bits per heavy atom. The van der Waals surface area contributed by atoms with Crippen LogP contribution >= 0.6 is 23.2 Å². The molecule has 1 heterocycles. The van der Waals surface area contributed by atoms with E-state index < -0.39 is 8.07 Å². The van der Waals surface area contributed by atoms with Crippen LogP contribution in [0.1, 0.15) is 12.8 Å². The van der Waals surface area contributed by atoms with Crippen molar-refractivity contribution < 1.29 is 0 Å². The summed E-state index contributed by atoms with van der Waals surface area (Å²) in [5.74, 6) is 0. The molecule has 0 radical (unpaired) electrons. The van der Waals surface area contributed by atoms with Crippen LogP contribution in [-0.4, -0.2) is 18.1 Å². The highest BCUT2D eigenvalue weighted by Gasteiger charge is 2.42. The summed E-state index contributed by atoms with van der Waals surface area (Å²) in [6, 6.07) is 0. The summed E-state index contributed by atoms with van der Waals surface area (Å²) in [5.41, 5.74) is 0. The van der Waals surface area contributed by atoms with Gasteiger partial charge >= 0.3 is 0 Å². The molecule has 0 bridgehead atoms. The summed E-state index contributed by atoms with van der Waals surface area (Å²) in [5, 5.41) is 0.833. The van der Waals surface area contributed by atoms with Crippen LogP contribution in [0.5, 0.6) is 0 Å². The highest BCUT2D eigenvalue weighted by Crippen LogP contribution is 2.35. The molecule has 0 nitrogen and oxygen atoms in total. The summed E-state index contributed by atoms with van der Waals surface area (Å²) in [6.45, 7) is 4.55. The molecule has 0 N–H and O–H groups in total. The maximum absolute atomic E-state index is 6.08. The molecule has 0 spiro atoms. The van der Waals surface area contributed by atoms with Crippen LogP contribution < -0.4 is 0 Å². The minimum atomic E-state index is -1.22. The van der Waals surface area contributed by atoms with E-state index in [0.29, 0.717) is 10.0 Å². The Morgan fingerprint density at radius 2 is 1.44 bits per heavy atom. The predicted octanol–water partition coefficient (Wildman–Crippen LogP) is 2.78. The van der Waals surface area contributed by atoms with Gasteiger partial charge < -0.3 is 0 Å². The van der Waals surface area contributed by atoms with E-state index >= 15 is 0 Å². The smallest absolute Gasteiger partial charge is 0.0877 e. The van der Waals surface area contributed by atoms with Gasteiger partial charge in [0.05, 0.1) is 8.07 Å². The Labute approximate surface area is 67.5 Å². The van der Waals surface area contributed by atoms with Gasteiger partial charge in [-0.3, -0.25) is 0 Å². The molecule has 0 aromatic heterocycles. The Balaban J connectivity index is 2.66. The fourth-order valence-corrected chi connectivity index (χ4v) is 4.80. The second kappa shape index (κ2) is 2.44. The van der Waals surface area contributed by atoms with Gasteiger partial charge in [0.2, 0.25) is 0 Å². The average Bonchev–Trinajstić information content (AvgIpc) is 1.96. The minimum absolute atomic E-state index is 0.417. The molecule has 1 aliphatic rings. The molecule has 54 valence electrons. The number of rotatable bonds is 0. The maximum atomic E-state index is 6.08. The van der Waals surface area contributed by atoms with Crippen molar-refractivity contribution in [2.75, 3.05) is 0 Å². The third-order valence-corrected chi connectivity index (χ3v) is 9.91. The lowest BCUT2D eigenvalue weighted by Gasteiger charge is -2.22. The van der Waals surface area contributed by atoms with E-state index in [2.05, 4.69) is 13.1 Å². The third-order valence-electron chi connectivity index (χ3n) is 2.29. The van der Waals surface area contributed by atoms with Gasteiger partial charge in [0, 0.05) is 10.0 Å². The zero-order valence-corrected chi connectivity index (χ0v) is 8.34. The molecule has 2 atom stereocenters. The van der Waals surface area contributed by atoms with Crippen molar-refractivity contribution in [1.29, 1.82) is 0 Å². The summed E-state index contributed by atoms with van der Waals surface area (Å²) in [4.78, 5) is 0. The third kappa shape index (κ3) is 1.28. The highest BCUT2D eigenvalue weighted by atomic mass is 35.5. The number of halogens is 2. The quantitative estimate of drug-likeness (QED) is 0.400. The van der Waals surface area contributed by atoms with E-state index in [4.69, 9.17) is 23.2 Å². The average molecular weight is 183 g/mol. The molecule has 0 amide bonds. The first-order valence-electron chi connectivity index (χ1n) is 3.33. The Bertz CT molecular complexity index is 102. The van der Waals surface area contributed by atoms with E-state index in [-0.39, 0.29) is 0 Å². The van der Waals surface area contributed by atoms with Gasteiger partial charge in [0.15, 0.2) is 0 Å². The molecule has 9 heavy (non-hydrogen) atoms. The van der Waals surface area contributed by atoms with Crippen LogP contribution in [-0.2, 0) is 0 Å². The monoisotopic (exact) mass is 182 g/mol. The van der Waals surface area contributed by atoms with Gasteiger partial charge in [0.25, 0.3) is 0 Å². The molecular weight excluding hydrogens is 171 g/mol. The van der Waals surface area contributed by atoms with Gasteiger partial charge in [0.1, 0.15) is 0 Å². The second-order valence-electron chi connectivity index (χ2n) is 3.33. The molecule has 3 heteroatoms. The lowest BCUT2D eigenvalue weighted by molar-refractivity contribution is 0.893. The van der Waals surface area contributed by atoms with Crippen molar-refractivity contribution in [2.24, 2.45) is 0 Å². The van der Waals surface area contributed by atoms with Crippen LogP contribution in [0.2, 0.25) is 13.1 Å². The van der Waals surface area contributed by atoms with Crippen LogP contribution in [0, 0.1) is 0 Å². The Hall–Kier alpha value is 0.797. The largest absolute Gasteiger partial charge is 0.126 e. The SMILES string of the molecule is C[Si]1(C)C(Cl)CCC1Cl. The van der Waals surface area contributed by atoms with E-state index in [1.807, 2.05) is 0 Å². The van der Waals surface area contributed by atoms with Crippen LogP contribution in [0.4, 0.5) is 0 Å². The van der Waals surface area contributed by atoms with E-state index in [0.717, 1.165) is 12.8 Å². The first-order valence-corrected chi connectivity index (χ1v) is 7.36. The second-order valence-corrected chi connectivity index (χ2v) is 10.2.